The lowest BCUT2D eigenvalue weighted by Gasteiger charge is -2.35. The summed E-state index contributed by atoms with van der Waals surface area (Å²) in [5.74, 6) is -2.91. The molecule has 1 atom stereocenters. The van der Waals surface area contributed by atoms with Gasteiger partial charge in [0.05, 0.1) is 23.4 Å². The zero-order valence-electron chi connectivity index (χ0n) is 17.9. The number of nitrogens with zero attached hydrogens (tertiary/aromatic N) is 1. The van der Waals surface area contributed by atoms with Crippen LogP contribution in [-0.4, -0.2) is 46.9 Å². The Balaban J connectivity index is 2.50. The number of carboxylic acid groups (broad SMARTS) is 1. The van der Waals surface area contributed by atoms with Crippen molar-refractivity contribution in [3.05, 3.63) is 58.6 Å². The van der Waals surface area contributed by atoms with Crippen LogP contribution in [0.4, 0.5) is 18.9 Å². The Morgan fingerprint density at radius 1 is 1.15 bits per heavy atom. The van der Waals surface area contributed by atoms with Crippen molar-refractivity contribution in [2.75, 3.05) is 19.1 Å². The predicted octanol–water partition coefficient (Wildman–Crippen LogP) is 4.84. The van der Waals surface area contributed by atoms with Gasteiger partial charge < -0.3 is 14.9 Å². The molecule has 0 aliphatic rings. The van der Waals surface area contributed by atoms with Crippen LogP contribution in [0.2, 0.25) is 5.02 Å². The third-order valence-corrected chi connectivity index (χ3v) is 5.21. The van der Waals surface area contributed by atoms with E-state index in [0.717, 1.165) is 24.6 Å². The number of aliphatic hydroxyl groups is 1. The first kappa shape index (κ1) is 26.3. The van der Waals surface area contributed by atoms with Crippen LogP contribution in [0.15, 0.2) is 42.5 Å². The van der Waals surface area contributed by atoms with E-state index in [0.29, 0.717) is 17.9 Å². The smallest absolute Gasteiger partial charge is 0.430 e. The fourth-order valence-corrected chi connectivity index (χ4v) is 3.36. The molecule has 33 heavy (non-hydrogen) atoms. The standard InChI is InChI=1S/C22H24ClF3N2O5/c1-3-4-5-11-28(27-15-9-10-17(19(29)30)18(23)13-15)20(31)21(32,22(24,25)26)14-7-6-8-16(12-14)33-2/h6-10,12-13,27,32H,3-5,11H2,1-2H3,(H,29,30)/t21-/m1/s1. The van der Waals surface area contributed by atoms with Crippen LogP contribution in [0.3, 0.4) is 0 Å². The molecule has 7 nitrogen and oxygen atoms in total. The van der Waals surface area contributed by atoms with E-state index in [2.05, 4.69) is 5.43 Å². The van der Waals surface area contributed by atoms with E-state index in [1.165, 1.54) is 31.4 Å². The number of hydrazine groups is 1. The predicted molar refractivity (Wildman–Crippen MR) is 116 cm³/mol. The lowest BCUT2D eigenvalue weighted by Crippen LogP contribution is -2.57. The van der Waals surface area contributed by atoms with Crippen molar-refractivity contribution >= 4 is 29.2 Å². The Hall–Kier alpha value is -2.98. The van der Waals surface area contributed by atoms with E-state index in [4.69, 9.17) is 21.4 Å². The van der Waals surface area contributed by atoms with Gasteiger partial charge in [0.1, 0.15) is 5.75 Å². The van der Waals surface area contributed by atoms with E-state index in [1.54, 1.807) is 0 Å². The Morgan fingerprint density at radius 3 is 2.39 bits per heavy atom. The number of hydrogen-bond donors (Lipinski definition) is 3. The van der Waals surface area contributed by atoms with Crippen LogP contribution < -0.4 is 10.2 Å². The number of nitrogens with one attached hydrogen (secondary N) is 1. The Kier molecular flexibility index (Phi) is 8.57. The van der Waals surface area contributed by atoms with Crippen LogP contribution in [-0.2, 0) is 10.4 Å². The second-order valence-electron chi connectivity index (χ2n) is 7.22. The summed E-state index contributed by atoms with van der Waals surface area (Å²) in [6.07, 6.45) is -3.65. The van der Waals surface area contributed by atoms with Crippen molar-refractivity contribution in [2.24, 2.45) is 0 Å². The minimum Gasteiger partial charge on any atom is -0.497 e. The highest BCUT2D eigenvalue weighted by atomic mass is 35.5. The Bertz CT molecular complexity index is 1000. The topological polar surface area (TPSA) is 99.1 Å². The molecule has 11 heteroatoms. The van der Waals surface area contributed by atoms with Gasteiger partial charge in [0.15, 0.2) is 0 Å². The molecule has 0 aliphatic heterocycles. The molecular formula is C22H24ClF3N2O5. The normalized spacial score (nSPS) is 13.2. The Labute approximate surface area is 193 Å². The van der Waals surface area contributed by atoms with Crippen molar-refractivity contribution in [3.63, 3.8) is 0 Å². The number of anilines is 1. The molecule has 2 aromatic rings. The summed E-state index contributed by atoms with van der Waals surface area (Å²) in [6.45, 7) is 1.72. The number of halogens is 4. The molecule has 2 aromatic carbocycles. The third-order valence-electron chi connectivity index (χ3n) is 4.90. The number of carboxylic acids is 1. The number of carbonyl (C=O) groups excluding carboxylic acids is 1. The summed E-state index contributed by atoms with van der Waals surface area (Å²) in [4.78, 5) is 24.3. The van der Waals surface area contributed by atoms with E-state index in [-0.39, 0.29) is 28.6 Å². The first-order chi connectivity index (χ1) is 15.4. The molecule has 0 radical (unpaired) electrons. The molecule has 3 N–H and O–H groups in total. The molecule has 0 aromatic heterocycles. The summed E-state index contributed by atoms with van der Waals surface area (Å²) in [7, 11) is 1.25. The molecule has 0 saturated carbocycles. The van der Waals surface area contributed by atoms with Gasteiger partial charge in [-0.3, -0.25) is 15.2 Å². The van der Waals surface area contributed by atoms with Crippen LogP contribution in [0, 0.1) is 0 Å². The van der Waals surface area contributed by atoms with E-state index in [9.17, 15) is 27.9 Å². The van der Waals surface area contributed by atoms with Gasteiger partial charge in [-0.05, 0) is 36.8 Å². The number of benzene rings is 2. The second-order valence-corrected chi connectivity index (χ2v) is 7.62. The number of unbranched alkanes of at least 4 members (excludes halogenated alkanes) is 2. The molecule has 180 valence electrons. The van der Waals surface area contributed by atoms with Crippen molar-refractivity contribution in [2.45, 2.75) is 38.0 Å². The number of aromatic carboxylic acids is 1. The summed E-state index contributed by atoms with van der Waals surface area (Å²) < 4.78 is 47.3. The summed E-state index contributed by atoms with van der Waals surface area (Å²) >= 11 is 5.94. The minimum atomic E-state index is -5.36. The van der Waals surface area contributed by atoms with Gasteiger partial charge in [-0.2, -0.15) is 13.2 Å². The van der Waals surface area contributed by atoms with Crippen LogP contribution in [0.5, 0.6) is 5.75 Å². The van der Waals surface area contributed by atoms with Crippen molar-refractivity contribution in [1.29, 1.82) is 0 Å². The summed E-state index contributed by atoms with van der Waals surface area (Å²) in [5, 5.41) is 20.4. The Morgan fingerprint density at radius 2 is 1.85 bits per heavy atom. The number of hydrogen-bond acceptors (Lipinski definition) is 5. The number of carbonyl (C=O) groups is 2. The van der Waals surface area contributed by atoms with Crippen LogP contribution in [0.1, 0.15) is 42.1 Å². The largest absolute Gasteiger partial charge is 0.497 e. The van der Waals surface area contributed by atoms with Gasteiger partial charge in [-0.1, -0.05) is 43.5 Å². The zero-order chi connectivity index (χ0) is 24.8. The molecule has 0 heterocycles. The van der Waals surface area contributed by atoms with E-state index >= 15 is 0 Å². The fourth-order valence-electron chi connectivity index (χ4n) is 3.09. The van der Waals surface area contributed by atoms with E-state index in [1.807, 2.05) is 6.92 Å². The molecule has 0 spiro atoms. The number of rotatable bonds is 10. The van der Waals surface area contributed by atoms with Crippen LogP contribution in [0.25, 0.3) is 0 Å². The molecule has 0 fully saturated rings. The van der Waals surface area contributed by atoms with Crippen LogP contribution >= 0.6 is 11.6 Å². The zero-order valence-corrected chi connectivity index (χ0v) is 18.7. The van der Waals surface area contributed by atoms with Gasteiger partial charge in [-0.25, -0.2) is 4.79 Å². The highest BCUT2D eigenvalue weighted by molar-refractivity contribution is 6.33. The molecule has 0 aliphatic carbocycles. The number of methoxy groups -OCH3 is 1. The lowest BCUT2D eigenvalue weighted by atomic mass is 9.91. The molecule has 2 rings (SSSR count). The van der Waals surface area contributed by atoms with E-state index < -0.39 is 29.2 Å². The highest BCUT2D eigenvalue weighted by Gasteiger charge is 2.62. The lowest BCUT2D eigenvalue weighted by molar-refractivity contribution is -0.261. The van der Waals surface area contributed by atoms with Gasteiger partial charge in [0, 0.05) is 12.1 Å². The van der Waals surface area contributed by atoms with Gasteiger partial charge in [-0.15, -0.1) is 0 Å². The summed E-state index contributed by atoms with van der Waals surface area (Å²) in [5.41, 5.74) is -2.18. The molecule has 0 bridgehead atoms. The first-order valence-electron chi connectivity index (χ1n) is 10.0. The van der Waals surface area contributed by atoms with Gasteiger partial charge >= 0.3 is 12.1 Å². The highest BCUT2D eigenvalue weighted by Crippen LogP contribution is 2.41. The first-order valence-corrected chi connectivity index (χ1v) is 10.4. The van der Waals surface area contributed by atoms with Crippen molar-refractivity contribution < 1.29 is 37.7 Å². The van der Waals surface area contributed by atoms with Gasteiger partial charge in [0.25, 0.3) is 11.5 Å². The maximum Gasteiger partial charge on any atom is 0.430 e. The minimum absolute atomic E-state index is 0.0320. The van der Waals surface area contributed by atoms with Gasteiger partial charge in [0.2, 0.25) is 0 Å². The monoisotopic (exact) mass is 488 g/mol. The number of ether oxygens (including phenoxy) is 1. The van der Waals surface area contributed by atoms with Crippen molar-refractivity contribution in [1.82, 2.24) is 5.01 Å². The number of amides is 1. The molecular weight excluding hydrogens is 465 g/mol. The second kappa shape index (κ2) is 10.8. The maximum absolute atomic E-state index is 14.1. The number of alkyl halides is 3. The molecule has 1 amide bonds. The fraction of sp³-hybridized carbons (Fsp3) is 0.364. The van der Waals surface area contributed by atoms with Crippen molar-refractivity contribution in [3.8, 4) is 5.75 Å². The molecule has 0 unspecified atom stereocenters. The quantitative estimate of drug-likeness (QED) is 0.327. The average Bonchev–Trinajstić information content (AvgIpc) is 2.76. The third kappa shape index (κ3) is 5.88. The SMILES string of the molecule is CCCCCN(Nc1ccc(C(=O)O)c(Cl)c1)C(=O)[C@](O)(c1cccc(OC)c1)C(F)(F)F. The maximum atomic E-state index is 14.1. The average molecular weight is 489 g/mol. The molecule has 0 saturated heterocycles. The summed E-state index contributed by atoms with van der Waals surface area (Å²) in [6, 6.07) is 8.12.